The maximum Gasteiger partial charge on any atom is 0.252 e. The summed E-state index contributed by atoms with van der Waals surface area (Å²) in [6.45, 7) is 3.50. The smallest absolute Gasteiger partial charge is 0.252 e. The Hall–Kier alpha value is -2.70. The monoisotopic (exact) mass is 290 g/mol. The number of hydrazone groups is 1. The van der Waals surface area contributed by atoms with Gasteiger partial charge in [-0.05, 0) is 31.5 Å². The number of nitrogens with one attached hydrogen (secondary N) is 2. The van der Waals surface area contributed by atoms with Gasteiger partial charge >= 0.3 is 0 Å². The molecule has 1 aromatic heterocycles. The van der Waals surface area contributed by atoms with E-state index in [1.807, 2.05) is 6.92 Å². The van der Waals surface area contributed by atoms with Crippen LogP contribution in [0.3, 0.4) is 0 Å². The van der Waals surface area contributed by atoms with Crippen LogP contribution in [0.1, 0.15) is 24.6 Å². The molecule has 0 bridgehead atoms. The van der Waals surface area contributed by atoms with Gasteiger partial charge < -0.3 is 5.11 Å². The predicted molar refractivity (Wildman–Crippen MR) is 78.1 cm³/mol. The third-order valence-electron chi connectivity index (χ3n) is 2.77. The lowest BCUT2D eigenvalue weighted by Crippen LogP contribution is -2.12. The van der Waals surface area contributed by atoms with Crippen LogP contribution >= 0.6 is 0 Å². The van der Waals surface area contributed by atoms with Gasteiger partial charge in [-0.1, -0.05) is 6.92 Å². The van der Waals surface area contributed by atoms with E-state index in [0.717, 1.165) is 0 Å². The van der Waals surface area contributed by atoms with E-state index in [2.05, 4.69) is 20.5 Å². The molecule has 2 aromatic rings. The zero-order valence-corrected chi connectivity index (χ0v) is 11.6. The minimum absolute atomic E-state index is 0.0653. The third-order valence-corrected chi connectivity index (χ3v) is 2.77. The molecule has 2 rings (SSSR count). The van der Waals surface area contributed by atoms with Crippen molar-refractivity contribution in [2.24, 2.45) is 5.10 Å². The number of benzene rings is 1. The zero-order chi connectivity index (χ0) is 15.4. The highest BCUT2D eigenvalue weighted by Gasteiger charge is 2.09. The molecular formula is C14H15FN4O2. The first-order valence-electron chi connectivity index (χ1n) is 6.39. The van der Waals surface area contributed by atoms with Crippen molar-refractivity contribution in [3.8, 4) is 5.75 Å². The fourth-order valence-corrected chi connectivity index (χ4v) is 1.82. The number of halogens is 1. The van der Waals surface area contributed by atoms with E-state index in [-0.39, 0.29) is 17.3 Å². The van der Waals surface area contributed by atoms with E-state index in [1.54, 1.807) is 6.92 Å². The molecule has 0 fully saturated rings. The second-order valence-electron chi connectivity index (χ2n) is 4.42. The average molecular weight is 290 g/mol. The first-order valence-corrected chi connectivity index (χ1v) is 6.39. The average Bonchev–Trinajstić information content (AvgIpc) is 2.42. The summed E-state index contributed by atoms with van der Waals surface area (Å²) in [5.41, 5.74) is 3.59. The summed E-state index contributed by atoms with van der Waals surface area (Å²) in [5, 5.41) is 13.8. The van der Waals surface area contributed by atoms with Gasteiger partial charge in [-0.15, -0.1) is 0 Å². The summed E-state index contributed by atoms with van der Waals surface area (Å²) >= 11 is 0. The summed E-state index contributed by atoms with van der Waals surface area (Å²) in [5.74, 6) is -0.350. The molecule has 1 aromatic carbocycles. The Kier molecular flexibility index (Phi) is 4.32. The van der Waals surface area contributed by atoms with Crippen molar-refractivity contribution in [2.75, 3.05) is 5.43 Å². The molecule has 0 saturated carbocycles. The van der Waals surface area contributed by atoms with Gasteiger partial charge in [0, 0.05) is 17.3 Å². The molecule has 7 heteroatoms. The normalized spacial score (nSPS) is 11.5. The number of hydrogen-bond donors (Lipinski definition) is 3. The highest BCUT2D eigenvalue weighted by Crippen LogP contribution is 2.20. The van der Waals surface area contributed by atoms with Crippen LogP contribution in [-0.4, -0.2) is 20.8 Å². The number of H-pyrrole nitrogens is 1. The summed E-state index contributed by atoms with van der Waals surface area (Å²) in [4.78, 5) is 17.9. The topological polar surface area (TPSA) is 90.4 Å². The fourth-order valence-electron chi connectivity index (χ4n) is 1.82. The molecule has 3 N–H and O–H groups in total. The van der Waals surface area contributed by atoms with E-state index in [4.69, 9.17) is 0 Å². The van der Waals surface area contributed by atoms with Crippen LogP contribution < -0.4 is 11.0 Å². The summed E-state index contributed by atoms with van der Waals surface area (Å²) in [7, 11) is 0. The van der Waals surface area contributed by atoms with Crippen molar-refractivity contribution in [2.45, 2.75) is 20.3 Å². The van der Waals surface area contributed by atoms with E-state index >= 15 is 0 Å². The van der Waals surface area contributed by atoms with Crippen molar-refractivity contribution in [3.05, 3.63) is 51.7 Å². The van der Waals surface area contributed by atoms with Gasteiger partial charge in [0.05, 0.1) is 5.71 Å². The maximum absolute atomic E-state index is 13.3. The number of aromatic nitrogens is 2. The first-order chi connectivity index (χ1) is 9.99. The van der Waals surface area contributed by atoms with Crippen LogP contribution in [0, 0.1) is 12.7 Å². The van der Waals surface area contributed by atoms with Gasteiger partial charge in [-0.25, -0.2) is 14.8 Å². The largest absolute Gasteiger partial charge is 0.507 e. The molecule has 6 nitrogen and oxygen atoms in total. The molecule has 0 spiro atoms. The van der Waals surface area contributed by atoms with E-state index in [0.29, 0.717) is 23.4 Å². The Morgan fingerprint density at radius 1 is 1.48 bits per heavy atom. The van der Waals surface area contributed by atoms with Gasteiger partial charge in [0.2, 0.25) is 5.95 Å². The summed E-state index contributed by atoms with van der Waals surface area (Å²) in [6, 6.07) is 4.99. The van der Waals surface area contributed by atoms with Crippen LogP contribution in [0.5, 0.6) is 5.75 Å². The van der Waals surface area contributed by atoms with Gasteiger partial charge in [0.15, 0.2) is 0 Å². The van der Waals surface area contributed by atoms with Gasteiger partial charge in [-0.3, -0.25) is 9.78 Å². The number of aryl methyl sites for hydroxylation is 1. The summed E-state index contributed by atoms with van der Waals surface area (Å²) < 4.78 is 13.3. The van der Waals surface area contributed by atoms with Crippen LogP contribution in [0.15, 0.2) is 34.2 Å². The Balaban J connectivity index is 2.32. The summed E-state index contributed by atoms with van der Waals surface area (Å²) in [6.07, 6.45) is 0.458. The highest BCUT2D eigenvalue weighted by molar-refractivity contribution is 6.02. The Morgan fingerprint density at radius 3 is 2.90 bits per heavy atom. The molecule has 0 aliphatic carbocycles. The molecule has 0 aliphatic rings. The quantitative estimate of drug-likeness (QED) is 0.594. The van der Waals surface area contributed by atoms with Gasteiger partial charge in [0.25, 0.3) is 5.56 Å². The molecule has 1 heterocycles. The van der Waals surface area contributed by atoms with E-state index in [1.165, 1.54) is 24.3 Å². The van der Waals surface area contributed by atoms with Crippen LogP contribution in [0.25, 0.3) is 0 Å². The zero-order valence-electron chi connectivity index (χ0n) is 11.6. The molecule has 21 heavy (non-hydrogen) atoms. The molecular weight excluding hydrogens is 275 g/mol. The first kappa shape index (κ1) is 14.7. The Bertz CT molecular complexity index is 740. The van der Waals surface area contributed by atoms with Crippen molar-refractivity contribution in [1.82, 2.24) is 9.97 Å². The van der Waals surface area contributed by atoms with E-state index in [9.17, 15) is 14.3 Å². The molecule has 0 amide bonds. The number of aromatic amines is 1. The van der Waals surface area contributed by atoms with Gasteiger partial charge in [-0.2, -0.15) is 5.10 Å². The lowest BCUT2D eigenvalue weighted by atomic mass is 10.1. The van der Waals surface area contributed by atoms with Gasteiger partial charge in [0.1, 0.15) is 11.6 Å². The number of nitrogens with zero attached hydrogens (tertiary/aromatic N) is 2. The SMILES string of the molecule is CC/C(=N\Nc1nc(C)cc(=O)[nH]1)c1cc(F)ccc1O. The lowest BCUT2D eigenvalue weighted by Gasteiger charge is -2.07. The minimum atomic E-state index is -0.467. The molecule has 0 saturated heterocycles. The van der Waals surface area contributed by atoms with Crippen molar-refractivity contribution >= 4 is 11.7 Å². The fraction of sp³-hybridized carbons (Fsp3) is 0.214. The third kappa shape index (κ3) is 3.65. The van der Waals surface area contributed by atoms with Crippen LogP contribution in [0.2, 0.25) is 0 Å². The molecule has 0 aliphatic heterocycles. The Labute approximate surface area is 120 Å². The highest BCUT2D eigenvalue weighted by atomic mass is 19.1. The Morgan fingerprint density at radius 2 is 2.24 bits per heavy atom. The van der Waals surface area contributed by atoms with Crippen LogP contribution in [-0.2, 0) is 0 Å². The number of phenolic OH excluding ortho intramolecular Hbond substituents is 1. The minimum Gasteiger partial charge on any atom is -0.507 e. The van der Waals surface area contributed by atoms with Crippen molar-refractivity contribution in [3.63, 3.8) is 0 Å². The van der Waals surface area contributed by atoms with Crippen molar-refractivity contribution in [1.29, 1.82) is 0 Å². The van der Waals surface area contributed by atoms with Crippen LogP contribution in [0.4, 0.5) is 10.3 Å². The maximum atomic E-state index is 13.3. The lowest BCUT2D eigenvalue weighted by molar-refractivity contribution is 0.471. The number of anilines is 1. The number of hydrogen-bond acceptors (Lipinski definition) is 5. The predicted octanol–water partition coefficient (Wildman–Crippen LogP) is 2.15. The number of rotatable bonds is 4. The standard InChI is InChI=1S/C14H15FN4O2/c1-3-11(10-7-9(15)4-5-12(10)20)18-19-14-16-8(2)6-13(21)17-14/h4-7,20H,3H2,1-2H3,(H2,16,17,19,21)/b18-11+. The second kappa shape index (κ2) is 6.17. The number of aromatic hydroxyl groups is 1. The molecule has 0 unspecified atom stereocenters. The molecule has 0 atom stereocenters. The molecule has 0 radical (unpaired) electrons. The second-order valence-corrected chi connectivity index (χ2v) is 4.42. The number of phenols is 1. The molecule has 110 valence electrons. The van der Waals surface area contributed by atoms with Crippen molar-refractivity contribution < 1.29 is 9.50 Å². The van der Waals surface area contributed by atoms with E-state index < -0.39 is 5.82 Å².